The zero-order valence-corrected chi connectivity index (χ0v) is 11.3. The molecule has 0 aromatic carbocycles. The first-order chi connectivity index (χ1) is 6.99. The van der Waals surface area contributed by atoms with Crippen molar-refractivity contribution in [1.29, 1.82) is 0 Å². The summed E-state index contributed by atoms with van der Waals surface area (Å²) in [5.74, 6) is 1.45. The summed E-state index contributed by atoms with van der Waals surface area (Å²) in [6, 6.07) is 0. The lowest BCUT2D eigenvalue weighted by Crippen LogP contribution is -2.52. The van der Waals surface area contributed by atoms with Gasteiger partial charge in [0.15, 0.2) is 0 Å². The molecule has 0 saturated carbocycles. The molecule has 92 valence electrons. The SMILES string of the molecule is CCC(C)CC(CC)(CN)NCC(C)C. The van der Waals surface area contributed by atoms with Crippen LogP contribution in [0.3, 0.4) is 0 Å². The van der Waals surface area contributed by atoms with Gasteiger partial charge in [0.25, 0.3) is 0 Å². The van der Waals surface area contributed by atoms with Crippen LogP contribution in [0.4, 0.5) is 0 Å². The number of rotatable bonds is 8. The number of nitrogens with one attached hydrogen (secondary N) is 1. The van der Waals surface area contributed by atoms with Crippen molar-refractivity contribution < 1.29 is 0 Å². The Morgan fingerprint density at radius 3 is 2.13 bits per heavy atom. The van der Waals surface area contributed by atoms with Crippen molar-refractivity contribution in [2.24, 2.45) is 17.6 Å². The zero-order chi connectivity index (χ0) is 11.9. The van der Waals surface area contributed by atoms with E-state index in [1.54, 1.807) is 0 Å². The lowest BCUT2D eigenvalue weighted by atomic mass is 9.84. The molecule has 0 bridgehead atoms. The molecule has 0 aliphatic carbocycles. The van der Waals surface area contributed by atoms with Gasteiger partial charge in [0.05, 0.1) is 0 Å². The topological polar surface area (TPSA) is 38.0 Å². The van der Waals surface area contributed by atoms with Crippen molar-refractivity contribution in [2.45, 2.75) is 59.4 Å². The lowest BCUT2D eigenvalue weighted by molar-refractivity contribution is 0.245. The van der Waals surface area contributed by atoms with E-state index < -0.39 is 0 Å². The normalized spacial score (nSPS) is 17.8. The molecule has 0 fully saturated rings. The zero-order valence-electron chi connectivity index (χ0n) is 11.3. The Kier molecular flexibility index (Phi) is 7.20. The van der Waals surface area contributed by atoms with Crippen molar-refractivity contribution in [3.63, 3.8) is 0 Å². The summed E-state index contributed by atoms with van der Waals surface area (Å²) in [5.41, 5.74) is 6.11. The number of hydrogen-bond donors (Lipinski definition) is 2. The van der Waals surface area contributed by atoms with Gasteiger partial charge < -0.3 is 11.1 Å². The van der Waals surface area contributed by atoms with Crippen LogP contribution in [0.5, 0.6) is 0 Å². The summed E-state index contributed by atoms with van der Waals surface area (Å²) in [7, 11) is 0. The lowest BCUT2D eigenvalue weighted by Gasteiger charge is -2.36. The van der Waals surface area contributed by atoms with E-state index in [2.05, 4.69) is 39.9 Å². The first-order valence-corrected chi connectivity index (χ1v) is 6.44. The minimum Gasteiger partial charge on any atom is -0.329 e. The van der Waals surface area contributed by atoms with Crippen LogP contribution >= 0.6 is 0 Å². The molecule has 0 aliphatic rings. The molecule has 2 atom stereocenters. The summed E-state index contributed by atoms with van der Waals surface area (Å²) < 4.78 is 0. The summed E-state index contributed by atoms with van der Waals surface area (Å²) in [6.45, 7) is 13.1. The van der Waals surface area contributed by atoms with Gasteiger partial charge in [-0.05, 0) is 31.2 Å². The molecular formula is C13H30N2. The Hall–Kier alpha value is -0.0800. The molecule has 3 N–H and O–H groups in total. The predicted molar refractivity (Wildman–Crippen MR) is 69.0 cm³/mol. The first kappa shape index (κ1) is 14.9. The van der Waals surface area contributed by atoms with E-state index in [-0.39, 0.29) is 5.54 Å². The van der Waals surface area contributed by atoms with Crippen LogP contribution in [0, 0.1) is 11.8 Å². The van der Waals surface area contributed by atoms with Gasteiger partial charge in [-0.1, -0.05) is 41.0 Å². The minimum atomic E-state index is 0.166. The average molecular weight is 214 g/mol. The average Bonchev–Trinajstić information content (AvgIpc) is 2.24. The Morgan fingerprint density at radius 2 is 1.80 bits per heavy atom. The molecule has 0 aromatic rings. The van der Waals surface area contributed by atoms with Crippen LogP contribution < -0.4 is 11.1 Å². The molecule has 0 heterocycles. The fourth-order valence-electron chi connectivity index (χ4n) is 1.87. The van der Waals surface area contributed by atoms with Gasteiger partial charge in [-0.3, -0.25) is 0 Å². The van der Waals surface area contributed by atoms with Crippen LogP contribution in [0.2, 0.25) is 0 Å². The van der Waals surface area contributed by atoms with E-state index in [1.165, 1.54) is 12.8 Å². The van der Waals surface area contributed by atoms with E-state index in [4.69, 9.17) is 5.73 Å². The smallest absolute Gasteiger partial charge is 0.0304 e. The Morgan fingerprint density at radius 1 is 1.20 bits per heavy atom. The van der Waals surface area contributed by atoms with Gasteiger partial charge in [-0.2, -0.15) is 0 Å². The molecule has 2 heteroatoms. The van der Waals surface area contributed by atoms with Crippen molar-refractivity contribution in [1.82, 2.24) is 5.32 Å². The highest BCUT2D eigenvalue weighted by molar-refractivity contribution is 4.89. The monoisotopic (exact) mass is 214 g/mol. The third-order valence-corrected chi connectivity index (χ3v) is 3.39. The van der Waals surface area contributed by atoms with E-state index >= 15 is 0 Å². The third kappa shape index (κ3) is 5.53. The minimum absolute atomic E-state index is 0.166. The van der Waals surface area contributed by atoms with Crippen LogP contribution in [-0.4, -0.2) is 18.6 Å². The van der Waals surface area contributed by atoms with Crippen molar-refractivity contribution in [3.8, 4) is 0 Å². The van der Waals surface area contributed by atoms with E-state index in [0.717, 1.165) is 25.4 Å². The van der Waals surface area contributed by atoms with Crippen LogP contribution in [0.25, 0.3) is 0 Å². The fourth-order valence-corrected chi connectivity index (χ4v) is 1.87. The largest absolute Gasteiger partial charge is 0.329 e. The standard InChI is InChI=1S/C13H30N2/c1-6-12(5)8-13(7-2,10-14)15-9-11(3)4/h11-12,15H,6-10,14H2,1-5H3. The van der Waals surface area contributed by atoms with Gasteiger partial charge >= 0.3 is 0 Å². The third-order valence-electron chi connectivity index (χ3n) is 3.39. The summed E-state index contributed by atoms with van der Waals surface area (Å²) >= 11 is 0. The second-order valence-electron chi connectivity index (χ2n) is 5.33. The molecule has 0 radical (unpaired) electrons. The van der Waals surface area contributed by atoms with Crippen LogP contribution in [0.1, 0.15) is 53.9 Å². The molecule has 0 aliphatic heterocycles. The predicted octanol–water partition coefficient (Wildman–Crippen LogP) is 2.78. The Bertz CT molecular complexity index is 151. The van der Waals surface area contributed by atoms with Crippen molar-refractivity contribution in [2.75, 3.05) is 13.1 Å². The van der Waals surface area contributed by atoms with E-state index in [0.29, 0.717) is 5.92 Å². The molecular weight excluding hydrogens is 184 g/mol. The summed E-state index contributed by atoms with van der Waals surface area (Å²) in [5, 5.41) is 3.67. The van der Waals surface area contributed by atoms with Gasteiger partial charge in [-0.25, -0.2) is 0 Å². The first-order valence-electron chi connectivity index (χ1n) is 6.44. The quantitative estimate of drug-likeness (QED) is 0.652. The molecule has 0 rings (SSSR count). The number of nitrogens with two attached hydrogens (primary N) is 1. The van der Waals surface area contributed by atoms with Crippen molar-refractivity contribution in [3.05, 3.63) is 0 Å². The highest BCUT2D eigenvalue weighted by Crippen LogP contribution is 2.22. The van der Waals surface area contributed by atoms with Gasteiger partial charge in [0, 0.05) is 12.1 Å². The van der Waals surface area contributed by atoms with E-state index in [1.807, 2.05) is 0 Å². The maximum atomic E-state index is 5.94. The molecule has 0 amide bonds. The fraction of sp³-hybridized carbons (Fsp3) is 1.00. The second kappa shape index (κ2) is 7.24. The molecule has 0 aromatic heterocycles. The second-order valence-corrected chi connectivity index (χ2v) is 5.33. The maximum absolute atomic E-state index is 5.94. The van der Waals surface area contributed by atoms with Crippen LogP contribution in [-0.2, 0) is 0 Å². The molecule has 0 saturated heterocycles. The summed E-state index contributed by atoms with van der Waals surface area (Å²) in [4.78, 5) is 0. The van der Waals surface area contributed by atoms with Crippen LogP contribution in [0.15, 0.2) is 0 Å². The van der Waals surface area contributed by atoms with Gasteiger partial charge in [0.1, 0.15) is 0 Å². The Labute approximate surface area is 96.0 Å². The molecule has 15 heavy (non-hydrogen) atoms. The van der Waals surface area contributed by atoms with Gasteiger partial charge in [0.2, 0.25) is 0 Å². The summed E-state index contributed by atoms with van der Waals surface area (Å²) in [6.07, 6.45) is 3.56. The van der Waals surface area contributed by atoms with Gasteiger partial charge in [-0.15, -0.1) is 0 Å². The highest BCUT2D eigenvalue weighted by Gasteiger charge is 2.27. The molecule has 2 unspecified atom stereocenters. The molecule has 2 nitrogen and oxygen atoms in total. The Balaban J connectivity index is 4.29. The van der Waals surface area contributed by atoms with E-state index in [9.17, 15) is 0 Å². The van der Waals surface area contributed by atoms with Crippen molar-refractivity contribution >= 4 is 0 Å². The maximum Gasteiger partial charge on any atom is 0.0304 e. The number of hydrogen-bond acceptors (Lipinski definition) is 2. The highest BCUT2D eigenvalue weighted by atomic mass is 15.0. The molecule has 0 spiro atoms.